The van der Waals surface area contributed by atoms with Gasteiger partial charge in [0, 0.05) is 56.0 Å². The van der Waals surface area contributed by atoms with Crippen LogP contribution in [0.3, 0.4) is 0 Å². The molecule has 41 heavy (non-hydrogen) atoms. The number of nitrogens with one attached hydrogen (secondary N) is 1. The molecule has 1 aliphatic rings. The van der Waals surface area contributed by atoms with Gasteiger partial charge in [0.1, 0.15) is 12.1 Å². The number of hydrogen-bond acceptors (Lipinski definition) is 10. The van der Waals surface area contributed by atoms with Gasteiger partial charge in [0.25, 0.3) is 0 Å². The zero-order valence-corrected chi connectivity index (χ0v) is 24.0. The quantitative estimate of drug-likeness (QED) is 0.318. The number of benzene rings is 2. The first-order chi connectivity index (χ1) is 19.7. The first-order valence-electron chi connectivity index (χ1n) is 13.3. The van der Waals surface area contributed by atoms with E-state index in [0.29, 0.717) is 33.7 Å². The van der Waals surface area contributed by atoms with Gasteiger partial charge in [0.2, 0.25) is 11.8 Å². The fourth-order valence-corrected chi connectivity index (χ4v) is 5.55. The minimum atomic E-state index is -3.20. The Kier molecular flexibility index (Phi) is 8.23. The van der Waals surface area contributed by atoms with E-state index in [9.17, 15) is 13.7 Å². The Morgan fingerprint density at radius 2 is 1.68 bits per heavy atom. The fraction of sp³-hybridized carbons (Fsp3) is 0.300. The molecule has 0 spiro atoms. The van der Waals surface area contributed by atoms with Crippen LogP contribution < -0.4 is 10.1 Å². The van der Waals surface area contributed by atoms with E-state index < -0.39 is 9.84 Å². The Hall–Kier alpha value is -4.40. The summed E-state index contributed by atoms with van der Waals surface area (Å²) in [5.41, 5.74) is 4.73. The molecule has 0 bridgehead atoms. The van der Waals surface area contributed by atoms with E-state index in [-0.39, 0.29) is 6.04 Å². The second kappa shape index (κ2) is 12.0. The van der Waals surface area contributed by atoms with Gasteiger partial charge in [-0.05, 0) is 67.6 Å². The van der Waals surface area contributed by atoms with E-state index >= 15 is 0 Å². The number of aromatic nitrogens is 4. The summed E-state index contributed by atoms with van der Waals surface area (Å²) in [5, 5.41) is 12.8. The predicted octanol–water partition coefficient (Wildman–Crippen LogP) is 4.69. The highest BCUT2D eigenvalue weighted by molar-refractivity contribution is 7.90. The van der Waals surface area contributed by atoms with Crippen molar-refractivity contribution in [1.82, 2.24) is 24.8 Å². The maximum Gasteiger partial charge on any atom is 0.226 e. The average molecular weight is 570 g/mol. The van der Waals surface area contributed by atoms with Gasteiger partial charge >= 0.3 is 0 Å². The Morgan fingerprint density at radius 3 is 2.29 bits per heavy atom. The van der Waals surface area contributed by atoms with Gasteiger partial charge in [-0.25, -0.2) is 23.4 Å². The Bertz CT molecular complexity index is 1660. The largest absolute Gasteiger partial charge is 0.438 e. The molecule has 5 rings (SSSR count). The monoisotopic (exact) mass is 569 g/mol. The van der Waals surface area contributed by atoms with Crippen molar-refractivity contribution in [2.24, 2.45) is 0 Å². The molecule has 210 valence electrons. The third kappa shape index (κ3) is 7.03. The first kappa shape index (κ1) is 28.1. The SMILES string of the molecule is Cc1cc(C#N)cc(C)c1Oc1cc(-c2cncnc2)nc(NC2CCN(Cc3ccc(S(C)(=O)=O)cc3)CC2)n1. The van der Waals surface area contributed by atoms with Gasteiger partial charge in [-0.1, -0.05) is 12.1 Å². The molecule has 3 heterocycles. The standard InChI is InChI=1S/C30H31N7O3S/c1-20-12-23(15-31)13-21(2)29(20)40-28-14-27(24-16-32-19-33-17-24)35-30(36-28)34-25-8-10-37(11-9-25)18-22-4-6-26(7-5-22)41(3,38)39/h4-7,12-14,16-17,19,25H,8-11,18H2,1-3H3,(H,34,35,36). The van der Waals surface area contributed by atoms with Crippen molar-refractivity contribution in [1.29, 1.82) is 5.26 Å². The molecule has 2 aromatic heterocycles. The van der Waals surface area contributed by atoms with Crippen LogP contribution in [-0.4, -0.2) is 58.6 Å². The van der Waals surface area contributed by atoms with Gasteiger partial charge < -0.3 is 10.1 Å². The van der Waals surface area contributed by atoms with Crippen molar-refractivity contribution >= 4 is 15.8 Å². The van der Waals surface area contributed by atoms with Crippen molar-refractivity contribution in [2.45, 2.75) is 44.2 Å². The van der Waals surface area contributed by atoms with Crippen LogP contribution in [0.2, 0.25) is 0 Å². The molecule has 0 aliphatic carbocycles. The number of likely N-dealkylation sites (tertiary alicyclic amines) is 1. The number of hydrogen-bond donors (Lipinski definition) is 1. The minimum absolute atomic E-state index is 0.173. The van der Waals surface area contributed by atoms with Crippen molar-refractivity contribution in [3.63, 3.8) is 0 Å². The van der Waals surface area contributed by atoms with Gasteiger partial charge in [0.05, 0.1) is 22.2 Å². The smallest absolute Gasteiger partial charge is 0.226 e. The molecule has 11 heteroatoms. The molecule has 10 nitrogen and oxygen atoms in total. The number of aryl methyl sites for hydroxylation is 2. The summed E-state index contributed by atoms with van der Waals surface area (Å²) in [4.78, 5) is 20.4. The molecule has 1 aliphatic heterocycles. The van der Waals surface area contributed by atoms with Gasteiger partial charge in [-0.3, -0.25) is 4.90 Å². The highest BCUT2D eigenvalue weighted by atomic mass is 32.2. The highest BCUT2D eigenvalue weighted by Crippen LogP contribution is 2.31. The molecular weight excluding hydrogens is 538 g/mol. The van der Waals surface area contributed by atoms with Crippen molar-refractivity contribution in [2.75, 3.05) is 24.7 Å². The summed E-state index contributed by atoms with van der Waals surface area (Å²) in [6.45, 7) is 6.33. The molecule has 2 aromatic carbocycles. The molecule has 1 fully saturated rings. The fourth-order valence-electron chi connectivity index (χ4n) is 4.92. The second-order valence-electron chi connectivity index (χ2n) is 10.3. The lowest BCUT2D eigenvalue weighted by molar-refractivity contribution is 0.211. The van der Waals surface area contributed by atoms with Crippen LogP contribution in [0, 0.1) is 25.2 Å². The van der Waals surface area contributed by atoms with Crippen molar-refractivity contribution in [3.8, 4) is 29.0 Å². The molecule has 0 unspecified atom stereocenters. The Balaban J connectivity index is 1.30. The zero-order valence-electron chi connectivity index (χ0n) is 23.2. The minimum Gasteiger partial charge on any atom is -0.438 e. The van der Waals surface area contributed by atoms with Gasteiger partial charge in [-0.15, -0.1) is 0 Å². The molecule has 1 N–H and O–H groups in total. The predicted molar refractivity (Wildman–Crippen MR) is 155 cm³/mol. The lowest BCUT2D eigenvalue weighted by Gasteiger charge is -2.32. The second-order valence-corrected chi connectivity index (χ2v) is 12.3. The van der Waals surface area contributed by atoms with E-state index in [1.54, 1.807) is 42.7 Å². The number of sulfone groups is 1. The molecule has 4 aromatic rings. The van der Waals surface area contributed by atoms with Crippen LogP contribution in [0.15, 0.2) is 66.1 Å². The number of piperidine rings is 1. The summed E-state index contributed by atoms with van der Waals surface area (Å²) >= 11 is 0. The van der Waals surface area contributed by atoms with E-state index in [0.717, 1.165) is 54.7 Å². The third-order valence-electron chi connectivity index (χ3n) is 7.03. The number of nitriles is 1. The van der Waals surface area contributed by atoms with Crippen LogP contribution >= 0.6 is 0 Å². The lowest BCUT2D eigenvalue weighted by Crippen LogP contribution is -2.39. The number of rotatable bonds is 8. The van der Waals surface area contributed by atoms with Crippen LogP contribution in [-0.2, 0) is 16.4 Å². The van der Waals surface area contributed by atoms with Gasteiger partial charge in [-0.2, -0.15) is 10.2 Å². The molecule has 1 saturated heterocycles. The van der Waals surface area contributed by atoms with E-state index in [1.165, 1.54) is 12.6 Å². The maximum absolute atomic E-state index is 11.7. The van der Waals surface area contributed by atoms with E-state index in [1.807, 2.05) is 26.0 Å². The van der Waals surface area contributed by atoms with Crippen molar-refractivity contribution < 1.29 is 13.2 Å². The average Bonchev–Trinajstić information content (AvgIpc) is 2.96. The normalized spacial score (nSPS) is 14.4. The molecule has 0 atom stereocenters. The number of ether oxygens (including phenoxy) is 1. The molecule has 0 saturated carbocycles. The third-order valence-corrected chi connectivity index (χ3v) is 8.16. The van der Waals surface area contributed by atoms with Crippen LogP contribution in [0.5, 0.6) is 11.6 Å². The van der Waals surface area contributed by atoms with Gasteiger partial charge in [0.15, 0.2) is 9.84 Å². The van der Waals surface area contributed by atoms with Crippen LogP contribution in [0.1, 0.15) is 35.1 Å². The summed E-state index contributed by atoms with van der Waals surface area (Å²) in [7, 11) is -3.20. The molecule has 0 amide bonds. The van der Waals surface area contributed by atoms with E-state index in [4.69, 9.17) is 9.72 Å². The molecule has 0 radical (unpaired) electrons. The topological polar surface area (TPSA) is 134 Å². The number of anilines is 1. The first-order valence-corrected chi connectivity index (χ1v) is 15.2. The van der Waals surface area contributed by atoms with E-state index in [2.05, 4.69) is 31.2 Å². The Morgan fingerprint density at radius 1 is 1.02 bits per heavy atom. The zero-order chi connectivity index (χ0) is 29.0. The Labute approximate surface area is 240 Å². The summed E-state index contributed by atoms with van der Waals surface area (Å²) in [6, 6.07) is 14.8. The maximum atomic E-state index is 11.7. The molecular formula is C30H31N7O3S. The number of nitrogens with zero attached hydrogens (tertiary/aromatic N) is 6. The summed E-state index contributed by atoms with van der Waals surface area (Å²) < 4.78 is 29.7. The lowest BCUT2D eigenvalue weighted by atomic mass is 10.0. The van der Waals surface area contributed by atoms with Crippen molar-refractivity contribution in [3.05, 3.63) is 83.4 Å². The highest BCUT2D eigenvalue weighted by Gasteiger charge is 2.21. The van der Waals surface area contributed by atoms with Crippen LogP contribution in [0.4, 0.5) is 5.95 Å². The summed E-state index contributed by atoms with van der Waals surface area (Å²) in [6.07, 6.45) is 7.88. The van der Waals surface area contributed by atoms with Crippen LogP contribution in [0.25, 0.3) is 11.3 Å². The summed E-state index contributed by atoms with van der Waals surface area (Å²) in [5.74, 6) is 1.49.